The van der Waals surface area contributed by atoms with Crippen molar-refractivity contribution < 1.29 is 9.90 Å². The van der Waals surface area contributed by atoms with E-state index in [1.54, 1.807) is 24.3 Å². The van der Waals surface area contributed by atoms with E-state index in [4.69, 9.17) is 11.6 Å². The summed E-state index contributed by atoms with van der Waals surface area (Å²) in [5.74, 6) is -0.267. The van der Waals surface area contributed by atoms with E-state index in [0.29, 0.717) is 15.7 Å². The maximum Gasteiger partial charge on any atom is 0.229 e. The molecular weight excluding hydrogens is 284 g/mol. The summed E-state index contributed by atoms with van der Waals surface area (Å²) in [4.78, 5) is 15.9. The molecule has 0 aliphatic carbocycles. The molecule has 0 saturated heterocycles. The number of benzene rings is 1. The molecule has 0 aliphatic rings. The van der Waals surface area contributed by atoms with Gasteiger partial charge < -0.3 is 10.4 Å². The molecule has 0 saturated carbocycles. The van der Waals surface area contributed by atoms with Gasteiger partial charge in [0, 0.05) is 10.4 Å². The number of aromatic nitrogens is 1. The van der Waals surface area contributed by atoms with Crippen LogP contribution in [-0.4, -0.2) is 16.0 Å². The number of thiazole rings is 1. The van der Waals surface area contributed by atoms with E-state index in [0.717, 1.165) is 5.69 Å². The van der Waals surface area contributed by atoms with Crippen molar-refractivity contribution in [2.24, 2.45) is 0 Å². The second kappa shape index (κ2) is 6.14. The van der Waals surface area contributed by atoms with Gasteiger partial charge >= 0.3 is 0 Å². The van der Waals surface area contributed by atoms with Crippen molar-refractivity contribution in [1.29, 1.82) is 0 Å². The summed E-state index contributed by atoms with van der Waals surface area (Å²) in [6.45, 7) is 1.86. The molecule has 1 amide bonds. The maximum atomic E-state index is 11.7. The molecule has 0 fully saturated rings. The van der Waals surface area contributed by atoms with Crippen LogP contribution in [0.4, 0.5) is 5.13 Å². The molecular formula is C13H13ClN2O2S. The number of amides is 1. The summed E-state index contributed by atoms with van der Waals surface area (Å²) in [7, 11) is 0. The monoisotopic (exact) mass is 296 g/mol. The minimum Gasteiger partial charge on any atom is -0.388 e. The second-order valence-corrected chi connectivity index (χ2v) is 5.41. The number of rotatable bonds is 4. The van der Waals surface area contributed by atoms with Crippen molar-refractivity contribution in [2.75, 3.05) is 5.32 Å². The predicted octanol–water partition coefficient (Wildman–Crippen LogP) is 3.17. The van der Waals surface area contributed by atoms with Gasteiger partial charge in [0.25, 0.3) is 0 Å². The van der Waals surface area contributed by atoms with Crippen LogP contribution in [-0.2, 0) is 4.79 Å². The van der Waals surface area contributed by atoms with Crippen molar-refractivity contribution in [3.63, 3.8) is 0 Å². The van der Waals surface area contributed by atoms with Gasteiger partial charge in [-0.05, 0) is 24.6 Å². The number of nitrogens with one attached hydrogen (secondary N) is 1. The van der Waals surface area contributed by atoms with Crippen LogP contribution in [0.1, 0.15) is 23.8 Å². The van der Waals surface area contributed by atoms with E-state index in [-0.39, 0.29) is 12.3 Å². The SMILES string of the molecule is Cc1csc(NC(=O)CC(O)c2ccc(Cl)cc2)n1. The maximum absolute atomic E-state index is 11.7. The molecule has 100 valence electrons. The van der Waals surface area contributed by atoms with Crippen molar-refractivity contribution in [1.82, 2.24) is 4.98 Å². The molecule has 19 heavy (non-hydrogen) atoms. The summed E-state index contributed by atoms with van der Waals surface area (Å²) < 4.78 is 0. The lowest BCUT2D eigenvalue weighted by atomic mass is 10.1. The molecule has 1 heterocycles. The van der Waals surface area contributed by atoms with Gasteiger partial charge in [0.15, 0.2) is 5.13 Å². The fourth-order valence-electron chi connectivity index (χ4n) is 1.56. The van der Waals surface area contributed by atoms with Crippen molar-refractivity contribution in [2.45, 2.75) is 19.4 Å². The normalized spacial score (nSPS) is 12.2. The second-order valence-electron chi connectivity index (χ2n) is 4.11. The zero-order valence-electron chi connectivity index (χ0n) is 10.3. The molecule has 2 aromatic rings. The zero-order chi connectivity index (χ0) is 13.8. The first-order chi connectivity index (χ1) is 9.04. The van der Waals surface area contributed by atoms with Gasteiger partial charge in [-0.15, -0.1) is 11.3 Å². The number of carbonyl (C=O) groups is 1. The van der Waals surface area contributed by atoms with Crippen LogP contribution >= 0.6 is 22.9 Å². The molecule has 2 N–H and O–H groups in total. The van der Waals surface area contributed by atoms with Crippen LogP contribution in [0.25, 0.3) is 0 Å². The van der Waals surface area contributed by atoms with Crippen molar-refractivity contribution in [3.8, 4) is 0 Å². The molecule has 0 bridgehead atoms. The lowest BCUT2D eigenvalue weighted by Crippen LogP contribution is -2.15. The van der Waals surface area contributed by atoms with Crippen LogP contribution in [0.2, 0.25) is 5.02 Å². The van der Waals surface area contributed by atoms with E-state index in [1.165, 1.54) is 11.3 Å². The first kappa shape index (κ1) is 14.0. The number of carbonyl (C=O) groups excluding carboxylic acids is 1. The fraction of sp³-hybridized carbons (Fsp3) is 0.231. The number of aliphatic hydroxyl groups is 1. The van der Waals surface area contributed by atoms with E-state index in [2.05, 4.69) is 10.3 Å². The summed E-state index contributed by atoms with van der Waals surface area (Å²) in [6, 6.07) is 6.77. The summed E-state index contributed by atoms with van der Waals surface area (Å²) in [6.07, 6.45) is -0.862. The van der Waals surface area contributed by atoms with Crippen LogP contribution in [0.15, 0.2) is 29.6 Å². The van der Waals surface area contributed by atoms with Gasteiger partial charge in [-0.1, -0.05) is 23.7 Å². The van der Waals surface area contributed by atoms with Crippen LogP contribution in [0.3, 0.4) is 0 Å². The van der Waals surface area contributed by atoms with Crippen LogP contribution in [0, 0.1) is 6.92 Å². The average molecular weight is 297 g/mol. The van der Waals surface area contributed by atoms with Gasteiger partial charge in [0.2, 0.25) is 5.91 Å². The molecule has 0 spiro atoms. The Bertz CT molecular complexity index is 568. The number of hydrogen-bond donors (Lipinski definition) is 2. The molecule has 1 aromatic heterocycles. The zero-order valence-corrected chi connectivity index (χ0v) is 11.8. The largest absolute Gasteiger partial charge is 0.388 e. The number of hydrogen-bond acceptors (Lipinski definition) is 4. The van der Waals surface area contributed by atoms with Gasteiger partial charge in [-0.3, -0.25) is 4.79 Å². The standard InChI is InChI=1S/C13H13ClN2O2S/c1-8-7-19-13(15-8)16-12(18)6-11(17)9-2-4-10(14)5-3-9/h2-5,7,11,17H,6H2,1H3,(H,15,16,18). The highest BCUT2D eigenvalue weighted by Crippen LogP contribution is 2.20. The van der Waals surface area contributed by atoms with Gasteiger partial charge in [0.05, 0.1) is 18.2 Å². The van der Waals surface area contributed by atoms with E-state index >= 15 is 0 Å². The first-order valence-corrected chi connectivity index (χ1v) is 6.96. The molecule has 6 heteroatoms. The first-order valence-electron chi connectivity index (χ1n) is 5.70. The Morgan fingerprint density at radius 3 is 2.74 bits per heavy atom. The highest BCUT2D eigenvalue weighted by atomic mass is 35.5. The number of aryl methyl sites for hydroxylation is 1. The molecule has 2 rings (SSSR count). The van der Waals surface area contributed by atoms with Gasteiger partial charge in [-0.25, -0.2) is 4.98 Å². The third-order valence-corrected chi connectivity index (χ3v) is 3.63. The van der Waals surface area contributed by atoms with E-state index < -0.39 is 6.10 Å². The van der Waals surface area contributed by atoms with Crippen LogP contribution in [0.5, 0.6) is 0 Å². The smallest absolute Gasteiger partial charge is 0.229 e. The topological polar surface area (TPSA) is 62.2 Å². The average Bonchev–Trinajstić information content (AvgIpc) is 2.75. The van der Waals surface area contributed by atoms with Crippen molar-refractivity contribution in [3.05, 3.63) is 45.9 Å². The molecule has 0 radical (unpaired) electrons. The Morgan fingerprint density at radius 2 is 2.16 bits per heavy atom. The summed E-state index contributed by atoms with van der Waals surface area (Å²) in [5, 5.41) is 15.6. The lowest BCUT2D eigenvalue weighted by molar-refractivity contribution is -0.118. The minimum atomic E-state index is -0.849. The molecule has 1 unspecified atom stereocenters. The molecule has 1 atom stereocenters. The number of anilines is 1. The Hall–Kier alpha value is -1.43. The Balaban J connectivity index is 1.93. The van der Waals surface area contributed by atoms with Gasteiger partial charge in [0.1, 0.15) is 0 Å². The third-order valence-electron chi connectivity index (χ3n) is 2.50. The molecule has 4 nitrogen and oxygen atoms in total. The predicted molar refractivity (Wildman–Crippen MR) is 76.5 cm³/mol. The van der Waals surface area contributed by atoms with Crippen LogP contribution < -0.4 is 5.32 Å². The number of halogens is 1. The summed E-state index contributed by atoms with van der Waals surface area (Å²) >= 11 is 7.12. The highest BCUT2D eigenvalue weighted by Gasteiger charge is 2.14. The highest BCUT2D eigenvalue weighted by molar-refractivity contribution is 7.13. The number of nitrogens with zero attached hydrogens (tertiary/aromatic N) is 1. The lowest BCUT2D eigenvalue weighted by Gasteiger charge is -2.10. The molecule has 0 aliphatic heterocycles. The Kier molecular flexibility index (Phi) is 4.52. The molecule has 1 aromatic carbocycles. The Labute approximate surface area is 120 Å². The van der Waals surface area contributed by atoms with Gasteiger partial charge in [-0.2, -0.15) is 0 Å². The number of aliphatic hydroxyl groups excluding tert-OH is 1. The van der Waals surface area contributed by atoms with Crippen molar-refractivity contribution >= 4 is 34.0 Å². The Morgan fingerprint density at radius 1 is 1.47 bits per heavy atom. The van der Waals surface area contributed by atoms with E-state index in [1.807, 2.05) is 12.3 Å². The summed E-state index contributed by atoms with van der Waals surface area (Å²) in [5.41, 5.74) is 1.52. The van der Waals surface area contributed by atoms with E-state index in [9.17, 15) is 9.90 Å². The third kappa shape index (κ3) is 4.02. The minimum absolute atomic E-state index is 0.0136. The quantitative estimate of drug-likeness (QED) is 0.911. The fourth-order valence-corrected chi connectivity index (χ4v) is 2.39.